The van der Waals surface area contributed by atoms with Gasteiger partial charge in [0.1, 0.15) is 17.1 Å². The number of imidazole rings is 1. The number of nitrogens with zero attached hydrogens (tertiary/aromatic N) is 6. The summed E-state index contributed by atoms with van der Waals surface area (Å²) in [5.74, 6) is -3.78. The molecule has 0 radical (unpaired) electrons. The molecule has 50 heavy (non-hydrogen) atoms. The molecule has 0 fully saturated rings. The molecule has 2 aromatic carbocycles. The van der Waals surface area contributed by atoms with Crippen molar-refractivity contribution in [2.45, 2.75) is 32.0 Å². The number of benzene rings is 2. The van der Waals surface area contributed by atoms with Crippen LogP contribution in [0.3, 0.4) is 0 Å². The zero-order chi connectivity index (χ0) is 35.3. The number of halogens is 5. The average molecular weight is 731 g/mol. The van der Waals surface area contributed by atoms with Crippen molar-refractivity contribution in [3.8, 4) is 39.9 Å². The van der Waals surface area contributed by atoms with Gasteiger partial charge in [0.25, 0.3) is 0 Å². The Labute approximate surface area is 303 Å². The predicted molar refractivity (Wildman–Crippen MR) is 157 cm³/mol. The molecule has 0 amide bonds. The van der Waals surface area contributed by atoms with Gasteiger partial charge < -0.3 is 14.0 Å². The first-order chi connectivity index (χ1) is 23.2. The first kappa shape index (κ1) is 38.7. The average Bonchev–Trinajstić information content (AvgIpc) is 3.48. The van der Waals surface area contributed by atoms with E-state index in [0.717, 1.165) is 35.3 Å². The topological polar surface area (TPSA) is 171 Å². The van der Waals surface area contributed by atoms with Crippen molar-refractivity contribution in [3.63, 3.8) is 0 Å². The molecule has 0 spiro atoms. The van der Waals surface area contributed by atoms with Crippen molar-refractivity contribution in [1.82, 2.24) is 29.7 Å². The zero-order valence-corrected chi connectivity index (χ0v) is 29.0. The fraction of sp³-hybridized carbons (Fsp3) is 0.267. The van der Waals surface area contributed by atoms with Crippen LogP contribution in [-0.2, 0) is 30.3 Å². The second-order valence-electron chi connectivity index (χ2n) is 10.2. The monoisotopic (exact) mass is 730 g/mol. The van der Waals surface area contributed by atoms with E-state index in [-0.39, 0.29) is 88.1 Å². The van der Waals surface area contributed by atoms with E-state index in [0.29, 0.717) is 6.42 Å². The van der Waals surface area contributed by atoms with Gasteiger partial charge in [0.2, 0.25) is 10.4 Å². The third kappa shape index (κ3) is 9.34. The number of carbonyl (C=O) groups excluding carboxylic acids is 1. The molecule has 3 aromatic rings. The molecule has 0 saturated heterocycles. The summed E-state index contributed by atoms with van der Waals surface area (Å²) >= 11 is 0. The maximum Gasteiger partial charge on any atom is 1.00 e. The minimum absolute atomic E-state index is 0. The van der Waals surface area contributed by atoms with Crippen molar-refractivity contribution in [1.29, 1.82) is 0 Å². The van der Waals surface area contributed by atoms with Crippen molar-refractivity contribution < 1.29 is 82.9 Å². The van der Waals surface area contributed by atoms with Crippen LogP contribution in [0.1, 0.15) is 36.9 Å². The summed E-state index contributed by atoms with van der Waals surface area (Å²) in [5, 5.41) is 4.17. The molecule has 1 atom stereocenters. The molecular formula is C30H24F5N6NaO7S. The van der Waals surface area contributed by atoms with Gasteiger partial charge in [0.05, 0.1) is 43.3 Å². The Morgan fingerprint density at radius 3 is 2.36 bits per heavy atom. The molecule has 13 nitrogen and oxygen atoms in total. The van der Waals surface area contributed by atoms with Gasteiger partial charge in [-0.2, -0.15) is 18.3 Å². The quantitative estimate of drug-likeness (QED) is 0.0432. The van der Waals surface area contributed by atoms with Gasteiger partial charge in [-0.15, -0.1) is 0 Å². The maximum atomic E-state index is 14.4. The Balaban J connectivity index is 0.00000562. The van der Waals surface area contributed by atoms with Gasteiger partial charge in [-0.25, -0.2) is 41.9 Å². The Morgan fingerprint density at radius 1 is 0.960 bits per heavy atom. The minimum atomic E-state index is -4.97. The van der Waals surface area contributed by atoms with Gasteiger partial charge >= 0.3 is 41.7 Å². The Hall–Kier alpha value is -4.14. The molecule has 1 aromatic heterocycles. The van der Waals surface area contributed by atoms with Crippen LogP contribution in [0.4, 0.5) is 22.0 Å². The van der Waals surface area contributed by atoms with E-state index < -0.39 is 59.0 Å². The van der Waals surface area contributed by atoms with Crippen LogP contribution in [0.5, 0.6) is 5.75 Å². The maximum absolute atomic E-state index is 14.4. The summed E-state index contributed by atoms with van der Waals surface area (Å²) in [6, 6.07) is 5.32. The molecule has 0 saturated carbocycles. The van der Waals surface area contributed by atoms with E-state index in [9.17, 15) is 39.7 Å². The summed E-state index contributed by atoms with van der Waals surface area (Å²) in [6.45, 7) is 1.03. The first-order valence-corrected chi connectivity index (χ1v) is 15.7. The van der Waals surface area contributed by atoms with E-state index in [2.05, 4.69) is 29.2 Å². The molecular weight excluding hydrogens is 706 g/mol. The molecule has 0 bridgehead atoms. The SMILES string of the molecule is CCCOc1ccc(-c2ncc(C(C(=O)OCCCOS(=O)(=O)[O-])n3cc4nc(-c5cccc(F)c5F)nc-4cn3)cn2)c(C(F)(F)F)c1.[Na+]. The summed E-state index contributed by atoms with van der Waals surface area (Å²) in [4.78, 5) is 29.9. The van der Waals surface area contributed by atoms with Gasteiger partial charge in [-0.05, 0) is 36.8 Å². The van der Waals surface area contributed by atoms with Crippen LogP contribution in [0.2, 0.25) is 0 Å². The van der Waals surface area contributed by atoms with Crippen LogP contribution in [0.25, 0.3) is 34.2 Å². The Bertz CT molecular complexity index is 2030. The third-order valence-corrected chi connectivity index (χ3v) is 7.18. The standard InChI is InChI=1S/C30H25F5N6O7S.Na/c1-2-9-46-18-7-8-19(21(12-18)30(33,34)35)27-36-13-17(14-37-27)26(29(42)47-10-4-11-48-49(43,44)45)41-16-24-23(15-38-41)39-28(40-24)20-5-3-6-22(31)25(20)32;/h3,5-8,12-16,26H,2,4,9-11H2,1H3,(H,43,44,45);/q;+1/p-1. The van der Waals surface area contributed by atoms with Crippen LogP contribution in [-0.4, -0.2) is 68.5 Å². The molecule has 2 aliphatic rings. The number of aromatic nitrogens is 6. The Morgan fingerprint density at radius 2 is 1.68 bits per heavy atom. The Kier molecular flexibility index (Phi) is 12.6. The molecule has 2 aliphatic heterocycles. The molecule has 0 aliphatic carbocycles. The van der Waals surface area contributed by atoms with E-state index in [1.807, 2.05) is 0 Å². The summed E-state index contributed by atoms with van der Waals surface area (Å²) in [6.07, 6.45) is 0.210. The van der Waals surface area contributed by atoms with E-state index >= 15 is 0 Å². The largest absolute Gasteiger partial charge is 1.00 e. The van der Waals surface area contributed by atoms with Crippen LogP contribution in [0.15, 0.2) is 61.2 Å². The number of fused-ring (bicyclic) bond motifs is 1. The van der Waals surface area contributed by atoms with E-state index in [1.54, 1.807) is 6.92 Å². The number of rotatable bonds is 13. The minimum Gasteiger partial charge on any atom is -0.726 e. The molecule has 1 unspecified atom stereocenters. The second kappa shape index (κ2) is 16.3. The molecule has 3 heterocycles. The molecule has 5 rings (SSSR count). The first-order valence-electron chi connectivity index (χ1n) is 14.3. The number of carbonyl (C=O) groups is 1. The summed E-state index contributed by atoms with van der Waals surface area (Å²) in [5.41, 5.74) is -1.39. The van der Waals surface area contributed by atoms with Crippen LogP contribution < -0.4 is 34.3 Å². The van der Waals surface area contributed by atoms with Gasteiger partial charge in [-0.3, -0.25) is 8.86 Å². The predicted octanol–water partition coefficient (Wildman–Crippen LogP) is 1.99. The van der Waals surface area contributed by atoms with Crippen LogP contribution >= 0.6 is 0 Å². The molecule has 258 valence electrons. The van der Waals surface area contributed by atoms with Gasteiger partial charge in [0, 0.05) is 29.9 Å². The summed E-state index contributed by atoms with van der Waals surface area (Å²) < 4.78 is 118. The normalized spacial score (nSPS) is 12.4. The summed E-state index contributed by atoms with van der Waals surface area (Å²) in [7, 11) is -4.97. The fourth-order valence-electron chi connectivity index (χ4n) is 4.53. The fourth-order valence-corrected chi connectivity index (χ4v) is 4.85. The number of hydrogen-bond acceptors (Lipinski definition) is 12. The number of ether oxygens (including phenoxy) is 2. The molecule has 0 N–H and O–H groups in total. The van der Waals surface area contributed by atoms with Crippen molar-refractivity contribution >= 4 is 16.4 Å². The van der Waals surface area contributed by atoms with Gasteiger partial charge in [-0.1, -0.05) is 13.0 Å². The number of esters is 1. The van der Waals surface area contributed by atoms with Crippen molar-refractivity contribution in [2.24, 2.45) is 0 Å². The zero-order valence-electron chi connectivity index (χ0n) is 26.2. The number of hydrogen-bond donors (Lipinski definition) is 0. The van der Waals surface area contributed by atoms with Crippen molar-refractivity contribution in [2.75, 3.05) is 19.8 Å². The van der Waals surface area contributed by atoms with E-state index in [4.69, 9.17) is 9.47 Å². The smallest absolute Gasteiger partial charge is 0.726 e. The van der Waals surface area contributed by atoms with Crippen LogP contribution in [0, 0.1) is 11.6 Å². The van der Waals surface area contributed by atoms with Crippen molar-refractivity contribution in [3.05, 3.63) is 83.9 Å². The molecule has 20 heteroatoms. The second-order valence-corrected chi connectivity index (χ2v) is 11.3. The van der Waals surface area contributed by atoms with Gasteiger partial charge in [0.15, 0.2) is 29.3 Å². The number of alkyl halides is 3. The van der Waals surface area contributed by atoms with E-state index in [1.165, 1.54) is 30.6 Å². The third-order valence-electron chi connectivity index (χ3n) is 6.72.